The van der Waals surface area contributed by atoms with Gasteiger partial charge in [0.2, 0.25) is 6.79 Å². The van der Waals surface area contributed by atoms with Crippen LogP contribution in [-0.4, -0.2) is 85.8 Å². The number of rotatable bonds is 7. The first-order valence-electron chi connectivity index (χ1n) is 9.96. The lowest BCUT2D eigenvalue weighted by atomic mass is 10.2. The van der Waals surface area contributed by atoms with Gasteiger partial charge in [0.05, 0.1) is 19.3 Å². The van der Waals surface area contributed by atoms with Crippen LogP contribution in [0, 0.1) is 0 Å². The van der Waals surface area contributed by atoms with Crippen LogP contribution in [-0.2, 0) is 20.9 Å². The number of carbonyl (C=O) groups excluding carboxylic acids is 1. The van der Waals surface area contributed by atoms with Crippen molar-refractivity contribution in [2.45, 2.75) is 31.7 Å². The van der Waals surface area contributed by atoms with E-state index in [1.807, 2.05) is 23.1 Å². The van der Waals surface area contributed by atoms with Crippen LogP contribution in [0.2, 0.25) is 0 Å². The third kappa shape index (κ3) is 4.75. The van der Waals surface area contributed by atoms with Gasteiger partial charge in [-0.05, 0) is 30.5 Å². The van der Waals surface area contributed by atoms with Crippen molar-refractivity contribution in [3.8, 4) is 11.5 Å². The highest BCUT2D eigenvalue weighted by Crippen LogP contribution is 2.32. The van der Waals surface area contributed by atoms with E-state index >= 15 is 0 Å². The van der Waals surface area contributed by atoms with Crippen molar-refractivity contribution in [2.24, 2.45) is 0 Å². The first kappa shape index (κ1) is 19.4. The molecule has 1 aromatic carbocycles. The van der Waals surface area contributed by atoms with Crippen molar-refractivity contribution in [1.29, 1.82) is 0 Å². The molecule has 3 aliphatic rings. The van der Waals surface area contributed by atoms with Crippen LogP contribution < -0.4 is 9.47 Å². The summed E-state index contributed by atoms with van der Waals surface area (Å²) in [7, 11) is 0. The second kappa shape index (κ2) is 9.09. The largest absolute Gasteiger partial charge is 0.454 e. The summed E-state index contributed by atoms with van der Waals surface area (Å²) in [6.07, 6.45) is 0.990. The van der Waals surface area contributed by atoms with E-state index in [-0.39, 0.29) is 25.4 Å². The molecule has 0 aliphatic carbocycles. The van der Waals surface area contributed by atoms with Gasteiger partial charge >= 0.3 is 0 Å². The predicted molar refractivity (Wildman–Crippen MR) is 100 cm³/mol. The van der Waals surface area contributed by atoms with E-state index in [2.05, 4.69) is 4.90 Å². The lowest BCUT2D eigenvalue weighted by Crippen LogP contribution is -2.52. The summed E-state index contributed by atoms with van der Waals surface area (Å²) in [6, 6.07) is 5.71. The fourth-order valence-corrected chi connectivity index (χ4v) is 3.82. The number of fused-ring (bicyclic) bond motifs is 1. The molecular weight excluding hydrogens is 364 g/mol. The highest BCUT2D eigenvalue weighted by molar-refractivity contribution is 5.81. The zero-order valence-electron chi connectivity index (χ0n) is 16.0. The lowest BCUT2D eigenvalue weighted by Gasteiger charge is -2.36. The van der Waals surface area contributed by atoms with Gasteiger partial charge in [-0.25, -0.2) is 0 Å². The number of hydrogen-bond acceptors (Lipinski definition) is 7. The molecule has 0 aromatic heterocycles. The minimum Gasteiger partial charge on any atom is -0.454 e. The molecule has 1 amide bonds. The number of carbonyl (C=O) groups is 1. The standard InChI is InChI=1S/C20H28N2O6/c23-16(13-25-12-15-3-4-17-19(10-15)28-14-27-17)11-21-5-7-22(8-6-21)20(24)18-2-1-9-26-18/h3-4,10,16,18,23H,1-2,5-9,11-14H2/t16-,18-/m0/s1. The van der Waals surface area contributed by atoms with Crippen molar-refractivity contribution < 1.29 is 28.8 Å². The Bertz CT molecular complexity index is 671. The molecule has 2 fully saturated rings. The minimum absolute atomic E-state index is 0.116. The molecule has 3 aliphatic heterocycles. The monoisotopic (exact) mass is 392 g/mol. The number of β-amino-alcohol motifs (C(OH)–C–C–N with tert-alkyl or cyclic N) is 1. The third-order valence-corrected chi connectivity index (χ3v) is 5.37. The maximum atomic E-state index is 12.4. The van der Waals surface area contributed by atoms with Gasteiger partial charge in [-0.2, -0.15) is 0 Å². The average Bonchev–Trinajstić information content (AvgIpc) is 3.39. The van der Waals surface area contributed by atoms with E-state index in [1.165, 1.54) is 0 Å². The molecule has 1 aromatic rings. The van der Waals surface area contributed by atoms with E-state index in [0.29, 0.717) is 32.8 Å². The van der Waals surface area contributed by atoms with Gasteiger partial charge in [-0.1, -0.05) is 6.07 Å². The van der Waals surface area contributed by atoms with Crippen LogP contribution in [0.1, 0.15) is 18.4 Å². The molecule has 2 saturated heterocycles. The van der Waals surface area contributed by atoms with Gasteiger partial charge in [-0.3, -0.25) is 9.69 Å². The number of aliphatic hydroxyl groups is 1. The molecule has 4 rings (SSSR count). The van der Waals surface area contributed by atoms with Crippen LogP contribution in [0.5, 0.6) is 11.5 Å². The summed E-state index contributed by atoms with van der Waals surface area (Å²) >= 11 is 0. The molecule has 1 N–H and O–H groups in total. The number of nitrogens with zero attached hydrogens (tertiary/aromatic N) is 2. The zero-order valence-corrected chi connectivity index (χ0v) is 16.0. The number of ether oxygens (including phenoxy) is 4. The Morgan fingerprint density at radius 1 is 1.21 bits per heavy atom. The van der Waals surface area contributed by atoms with E-state index in [1.54, 1.807) is 0 Å². The van der Waals surface area contributed by atoms with Crippen LogP contribution in [0.25, 0.3) is 0 Å². The number of amides is 1. The quantitative estimate of drug-likeness (QED) is 0.728. The van der Waals surface area contributed by atoms with Crippen LogP contribution in [0.15, 0.2) is 18.2 Å². The molecule has 0 radical (unpaired) electrons. The molecule has 8 heteroatoms. The molecule has 0 unspecified atom stereocenters. The maximum Gasteiger partial charge on any atom is 0.251 e. The van der Waals surface area contributed by atoms with Crippen molar-refractivity contribution in [3.63, 3.8) is 0 Å². The summed E-state index contributed by atoms with van der Waals surface area (Å²) in [5.74, 6) is 1.60. The topological polar surface area (TPSA) is 80.7 Å². The van der Waals surface area contributed by atoms with Gasteiger partial charge < -0.3 is 29.0 Å². The average molecular weight is 392 g/mol. The van der Waals surface area contributed by atoms with Crippen molar-refractivity contribution in [1.82, 2.24) is 9.80 Å². The molecule has 28 heavy (non-hydrogen) atoms. The fraction of sp³-hybridized carbons (Fsp3) is 0.650. The normalized spacial score (nSPS) is 23.2. The first-order valence-corrected chi connectivity index (χ1v) is 9.96. The van der Waals surface area contributed by atoms with Crippen LogP contribution in [0.4, 0.5) is 0 Å². The molecule has 8 nitrogen and oxygen atoms in total. The zero-order chi connectivity index (χ0) is 19.3. The molecular formula is C20H28N2O6. The SMILES string of the molecule is O=C([C@@H]1CCCO1)N1CCN(C[C@H](O)COCc2ccc3c(c2)OCO3)CC1. The van der Waals surface area contributed by atoms with Crippen molar-refractivity contribution in [2.75, 3.05) is 52.7 Å². The second-order valence-electron chi connectivity index (χ2n) is 7.48. The van der Waals surface area contributed by atoms with Crippen LogP contribution in [0.3, 0.4) is 0 Å². The molecule has 3 heterocycles. The summed E-state index contributed by atoms with van der Waals surface area (Å²) < 4.78 is 21.8. The van der Waals surface area contributed by atoms with Crippen molar-refractivity contribution in [3.05, 3.63) is 23.8 Å². The number of benzene rings is 1. The van der Waals surface area contributed by atoms with E-state index < -0.39 is 6.10 Å². The van der Waals surface area contributed by atoms with Gasteiger partial charge in [0.1, 0.15) is 6.10 Å². The molecule has 154 valence electrons. The smallest absolute Gasteiger partial charge is 0.251 e. The Balaban J connectivity index is 1.14. The van der Waals surface area contributed by atoms with E-state index in [9.17, 15) is 9.90 Å². The summed E-state index contributed by atoms with van der Waals surface area (Å²) in [4.78, 5) is 16.4. The Kier molecular flexibility index (Phi) is 6.31. The Morgan fingerprint density at radius 3 is 2.82 bits per heavy atom. The Hall–Kier alpha value is -1.87. The summed E-state index contributed by atoms with van der Waals surface area (Å²) in [6.45, 7) is 5.06. The molecule has 0 spiro atoms. The molecule has 0 saturated carbocycles. The lowest BCUT2D eigenvalue weighted by molar-refractivity contribution is -0.142. The van der Waals surface area contributed by atoms with Crippen molar-refractivity contribution >= 4 is 5.91 Å². The van der Waals surface area contributed by atoms with Gasteiger partial charge in [-0.15, -0.1) is 0 Å². The summed E-state index contributed by atoms with van der Waals surface area (Å²) in [5, 5.41) is 10.3. The molecule has 2 atom stereocenters. The van der Waals surface area contributed by atoms with Gasteiger partial charge in [0.25, 0.3) is 5.91 Å². The minimum atomic E-state index is -0.561. The maximum absolute atomic E-state index is 12.4. The highest BCUT2D eigenvalue weighted by Gasteiger charge is 2.30. The van der Waals surface area contributed by atoms with E-state index in [0.717, 1.165) is 43.0 Å². The van der Waals surface area contributed by atoms with E-state index in [4.69, 9.17) is 18.9 Å². The summed E-state index contributed by atoms with van der Waals surface area (Å²) in [5.41, 5.74) is 0.984. The second-order valence-corrected chi connectivity index (χ2v) is 7.48. The first-order chi connectivity index (χ1) is 13.7. The van der Waals surface area contributed by atoms with Gasteiger partial charge in [0, 0.05) is 39.3 Å². The Labute approximate surface area is 164 Å². The van der Waals surface area contributed by atoms with Crippen LogP contribution >= 0.6 is 0 Å². The van der Waals surface area contributed by atoms with Gasteiger partial charge in [0.15, 0.2) is 11.5 Å². The number of piperazine rings is 1. The Morgan fingerprint density at radius 2 is 2.04 bits per heavy atom. The highest BCUT2D eigenvalue weighted by atomic mass is 16.7. The number of hydrogen-bond donors (Lipinski definition) is 1. The fourth-order valence-electron chi connectivity index (χ4n) is 3.82. The molecule has 0 bridgehead atoms. The number of aliphatic hydroxyl groups excluding tert-OH is 1. The third-order valence-electron chi connectivity index (χ3n) is 5.37. The predicted octanol–water partition coefficient (Wildman–Crippen LogP) is 0.616.